The molecule has 3 aromatic rings. The maximum absolute atomic E-state index is 12.6. The zero-order valence-corrected chi connectivity index (χ0v) is 17.0. The molecule has 1 aliphatic rings. The van der Waals surface area contributed by atoms with Crippen LogP contribution in [0.25, 0.3) is 0 Å². The third-order valence-electron chi connectivity index (χ3n) is 5.06. The summed E-state index contributed by atoms with van der Waals surface area (Å²) in [5, 5.41) is 8.84. The predicted molar refractivity (Wildman–Crippen MR) is 108 cm³/mol. The molecule has 0 atom stereocenters. The zero-order valence-electron chi connectivity index (χ0n) is 16.2. The van der Waals surface area contributed by atoms with Gasteiger partial charge in [0.1, 0.15) is 11.5 Å². The standard InChI is InChI=1S/C21H24N4O2S/c1-3-15-4-5-16(22-9-15)11-25-7-6-18-19(13-28-20(18)12-25)21(26)23-10-17-8-14(2)27-24-17/h4-5,8-9,13H,3,6-7,10-12H2,1-2H3,(H,23,26). The molecule has 0 spiro atoms. The minimum Gasteiger partial charge on any atom is -0.361 e. The monoisotopic (exact) mass is 396 g/mol. The molecule has 0 saturated carbocycles. The molecule has 1 N–H and O–H groups in total. The first-order valence-corrected chi connectivity index (χ1v) is 10.5. The summed E-state index contributed by atoms with van der Waals surface area (Å²) in [5.74, 6) is 0.708. The maximum Gasteiger partial charge on any atom is 0.252 e. The Balaban J connectivity index is 1.37. The number of amides is 1. The first kappa shape index (κ1) is 18.8. The van der Waals surface area contributed by atoms with Crippen LogP contribution in [0, 0.1) is 6.92 Å². The average Bonchev–Trinajstić information content (AvgIpc) is 3.32. The summed E-state index contributed by atoms with van der Waals surface area (Å²) in [6.07, 6.45) is 3.86. The van der Waals surface area contributed by atoms with Crippen LogP contribution in [-0.4, -0.2) is 27.5 Å². The van der Waals surface area contributed by atoms with E-state index in [0.717, 1.165) is 55.2 Å². The molecule has 4 rings (SSSR count). The highest BCUT2D eigenvalue weighted by Gasteiger charge is 2.24. The molecule has 0 fully saturated rings. The summed E-state index contributed by atoms with van der Waals surface area (Å²) < 4.78 is 5.04. The number of nitrogens with zero attached hydrogens (tertiary/aromatic N) is 3. The van der Waals surface area contributed by atoms with Gasteiger partial charge < -0.3 is 9.84 Å². The van der Waals surface area contributed by atoms with Crippen LogP contribution < -0.4 is 5.32 Å². The lowest BCUT2D eigenvalue weighted by atomic mass is 10.0. The Bertz CT molecular complexity index is 961. The number of carbonyl (C=O) groups excluding carboxylic acids is 1. The maximum atomic E-state index is 12.6. The highest BCUT2D eigenvalue weighted by molar-refractivity contribution is 7.10. The summed E-state index contributed by atoms with van der Waals surface area (Å²) in [4.78, 5) is 20.8. The van der Waals surface area contributed by atoms with Crippen molar-refractivity contribution in [3.05, 3.63) is 68.5 Å². The van der Waals surface area contributed by atoms with Gasteiger partial charge >= 0.3 is 0 Å². The van der Waals surface area contributed by atoms with Crippen LogP contribution >= 0.6 is 11.3 Å². The molecule has 28 heavy (non-hydrogen) atoms. The Kier molecular flexibility index (Phi) is 5.54. The molecule has 0 aliphatic carbocycles. The number of thiophene rings is 1. The van der Waals surface area contributed by atoms with Crippen molar-refractivity contribution in [2.24, 2.45) is 0 Å². The Morgan fingerprint density at radius 1 is 1.36 bits per heavy atom. The van der Waals surface area contributed by atoms with Gasteiger partial charge in [0, 0.05) is 42.2 Å². The van der Waals surface area contributed by atoms with E-state index in [4.69, 9.17) is 4.52 Å². The van der Waals surface area contributed by atoms with E-state index in [1.807, 2.05) is 24.6 Å². The Labute approximate surface area is 168 Å². The number of fused-ring (bicyclic) bond motifs is 1. The minimum absolute atomic E-state index is 0.0385. The number of aryl methyl sites for hydroxylation is 2. The van der Waals surface area contributed by atoms with Crippen molar-refractivity contribution in [2.75, 3.05) is 6.54 Å². The fraction of sp³-hybridized carbons (Fsp3) is 0.381. The molecular formula is C21H24N4O2S. The largest absolute Gasteiger partial charge is 0.361 e. The molecule has 0 unspecified atom stereocenters. The van der Waals surface area contributed by atoms with E-state index in [0.29, 0.717) is 6.54 Å². The second-order valence-corrected chi connectivity index (χ2v) is 8.10. The quantitative estimate of drug-likeness (QED) is 0.691. The van der Waals surface area contributed by atoms with E-state index in [1.54, 1.807) is 11.3 Å². The molecule has 0 saturated heterocycles. The van der Waals surface area contributed by atoms with Crippen molar-refractivity contribution in [3.8, 4) is 0 Å². The Morgan fingerprint density at radius 2 is 2.25 bits per heavy atom. The van der Waals surface area contributed by atoms with Gasteiger partial charge in [0.2, 0.25) is 0 Å². The van der Waals surface area contributed by atoms with E-state index in [2.05, 4.69) is 39.4 Å². The van der Waals surface area contributed by atoms with Crippen LogP contribution in [0.1, 0.15) is 50.4 Å². The number of hydrogen-bond acceptors (Lipinski definition) is 6. The van der Waals surface area contributed by atoms with Crippen molar-refractivity contribution < 1.29 is 9.32 Å². The molecule has 146 valence electrons. The molecular weight excluding hydrogens is 372 g/mol. The van der Waals surface area contributed by atoms with Gasteiger partial charge in [-0.2, -0.15) is 0 Å². The number of rotatable bonds is 6. The molecule has 6 nitrogen and oxygen atoms in total. The van der Waals surface area contributed by atoms with Gasteiger partial charge in [-0.05, 0) is 37.0 Å². The summed E-state index contributed by atoms with van der Waals surface area (Å²) in [5.41, 5.74) is 5.08. The number of aromatic nitrogens is 2. The van der Waals surface area contributed by atoms with Crippen LogP contribution in [0.15, 0.2) is 34.3 Å². The zero-order chi connectivity index (χ0) is 19.5. The molecule has 3 aromatic heterocycles. The van der Waals surface area contributed by atoms with Gasteiger partial charge in [0.05, 0.1) is 17.8 Å². The van der Waals surface area contributed by atoms with Gasteiger partial charge in [-0.15, -0.1) is 11.3 Å². The third kappa shape index (κ3) is 4.15. The lowest BCUT2D eigenvalue weighted by Gasteiger charge is -2.26. The summed E-state index contributed by atoms with van der Waals surface area (Å²) in [6, 6.07) is 6.11. The van der Waals surface area contributed by atoms with E-state index in [9.17, 15) is 4.79 Å². The van der Waals surface area contributed by atoms with Gasteiger partial charge in [-0.25, -0.2) is 0 Å². The number of nitrogens with one attached hydrogen (secondary N) is 1. The lowest BCUT2D eigenvalue weighted by Crippen LogP contribution is -2.31. The third-order valence-corrected chi connectivity index (χ3v) is 6.07. The van der Waals surface area contributed by atoms with Crippen molar-refractivity contribution in [1.29, 1.82) is 0 Å². The van der Waals surface area contributed by atoms with E-state index in [1.165, 1.54) is 16.0 Å². The van der Waals surface area contributed by atoms with Crippen LogP contribution in [-0.2, 0) is 32.5 Å². The van der Waals surface area contributed by atoms with E-state index >= 15 is 0 Å². The smallest absolute Gasteiger partial charge is 0.252 e. The number of pyridine rings is 1. The molecule has 1 aliphatic heterocycles. The fourth-order valence-corrected chi connectivity index (χ4v) is 4.58. The molecule has 1 amide bonds. The molecule has 0 radical (unpaired) electrons. The second kappa shape index (κ2) is 8.24. The summed E-state index contributed by atoms with van der Waals surface area (Å²) in [6.45, 7) is 7.00. The molecule has 0 bridgehead atoms. The van der Waals surface area contributed by atoms with Gasteiger partial charge in [-0.1, -0.05) is 18.1 Å². The van der Waals surface area contributed by atoms with Gasteiger partial charge in [0.15, 0.2) is 0 Å². The predicted octanol–water partition coefficient (Wildman–Crippen LogP) is 3.49. The highest BCUT2D eigenvalue weighted by Crippen LogP contribution is 2.29. The second-order valence-electron chi connectivity index (χ2n) is 7.13. The van der Waals surface area contributed by atoms with Crippen molar-refractivity contribution >= 4 is 17.2 Å². The fourth-order valence-electron chi connectivity index (χ4n) is 3.46. The average molecular weight is 397 g/mol. The van der Waals surface area contributed by atoms with Gasteiger partial charge in [-0.3, -0.25) is 14.7 Å². The molecule has 0 aromatic carbocycles. The Hall–Kier alpha value is -2.51. The van der Waals surface area contributed by atoms with E-state index in [-0.39, 0.29) is 5.91 Å². The Morgan fingerprint density at radius 3 is 2.96 bits per heavy atom. The SMILES string of the molecule is CCc1ccc(CN2CCc3c(C(=O)NCc4cc(C)on4)csc3C2)nc1. The summed E-state index contributed by atoms with van der Waals surface area (Å²) in [7, 11) is 0. The summed E-state index contributed by atoms with van der Waals surface area (Å²) >= 11 is 1.67. The number of carbonyl (C=O) groups is 1. The topological polar surface area (TPSA) is 71.3 Å². The number of hydrogen-bond donors (Lipinski definition) is 1. The van der Waals surface area contributed by atoms with Crippen molar-refractivity contribution in [1.82, 2.24) is 20.4 Å². The molecule has 4 heterocycles. The van der Waals surface area contributed by atoms with E-state index < -0.39 is 0 Å². The minimum atomic E-state index is -0.0385. The first-order chi connectivity index (χ1) is 13.6. The van der Waals surface area contributed by atoms with Crippen LogP contribution in [0.2, 0.25) is 0 Å². The normalized spacial score (nSPS) is 14.1. The van der Waals surface area contributed by atoms with Crippen LogP contribution in [0.4, 0.5) is 0 Å². The van der Waals surface area contributed by atoms with Crippen LogP contribution in [0.3, 0.4) is 0 Å². The van der Waals surface area contributed by atoms with Crippen LogP contribution in [0.5, 0.6) is 0 Å². The van der Waals surface area contributed by atoms with Crippen molar-refractivity contribution in [3.63, 3.8) is 0 Å². The lowest BCUT2D eigenvalue weighted by molar-refractivity contribution is 0.0948. The highest BCUT2D eigenvalue weighted by atomic mass is 32.1. The van der Waals surface area contributed by atoms with Gasteiger partial charge in [0.25, 0.3) is 5.91 Å². The molecule has 7 heteroatoms. The van der Waals surface area contributed by atoms with Crippen molar-refractivity contribution in [2.45, 2.75) is 46.3 Å². The first-order valence-electron chi connectivity index (χ1n) is 9.58.